The highest BCUT2D eigenvalue weighted by molar-refractivity contribution is 5.67. The Morgan fingerprint density at radius 1 is 1.37 bits per heavy atom. The second-order valence-electron chi connectivity index (χ2n) is 5.25. The van der Waals surface area contributed by atoms with Crippen molar-refractivity contribution in [3.8, 4) is 0 Å². The predicted octanol–water partition coefficient (Wildman–Crippen LogP) is 2.71. The van der Waals surface area contributed by atoms with E-state index in [4.69, 9.17) is 9.84 Å². The maximum atomic E-state index is 13.8. The summed E-state index contributed by atoms with van der Waals surface area (Å²) in [6, 6.07) is 6.48. The van der Waals surface area contributed by atoms with Crippen LogP contribution in [0.15, 0.2) is 24.3 Å². The van der Waals surface area contributed by atoms with E-state index in [1.54, 1.807) is 45.0 Å². The topological polar surface area (TPSA) is 58.6 Å². The molecule has 2 N–H and O–H groups in total. The number of ether oxygens (including phenoxy) is 1. The fourth-order valence-electron chi connectivity index (χ4n) is 1.44. The lowest BCUT2D eigenvalue weighted by Gasteiger charge is -2.20. The second kappa shape index (κ2) is 6.52. The van der Waals surface area contributed by atoms with Crippen molar-refractivity contribution in [2.45, 2.75) is 39.2 Å². The number of halogens is 1. The van der Waals surface area contributed by atoms with E-state index in [2.05, 4.69) is 5.32 Å². The van der Waals surface area contributed by atoms with Gasteiger partial charge in [-0.3, -0.25) is 0 Å². The first kappa shape index (κ1) is 15.4. The molecule has 0 radical (unpaired) electrons. The average Bonchev–Trinajstić information content (AvgIpc) is 2.34. The van der Waals surface area contributed by atoms with Gasteiger partial charge in [0.05, 0.1) is 13.2 Å². The van der Waals surface area contributed by atoms with Crippen LogP contribution in [0.2, 0.25) is 0 Å². The summed E-state index contributed by atoms with van der Waals surface area (Å²) in [5.74, 6) is 0. The molecule has 0 saturated heterocycles. The number of benzene rings is 1. The van der Waals surface area contributed by atoms with Gasteiger partial charge in [-0.1, -0.05) is 24.3 Å². The van der Waals surface area contributed by atoms with Crippen LogP contribution in [0.1, 0.15) is 38.1 Å². The summed E-state index contributed by atoms with van der Waals surface area (Å²) in [4.78, 5) is 11.4. The van der Waals surface area contributed by atoms with Crippen molar-refractivity contribution < 1.29 is 19.0 Å². The number of alkyl halides is 1. The van der Waals surface area contributed by atoms with Gasteiger partial charge in [0.15, 0.2) is 0 Å². The summed E-state index contributed by atoms with van der Waals surface area (Å²) >= 11 is 0. The quantitative estimate of drug-likeness (QED) is 0.883. The Bertz CT molecular complexity index is 412. The molecule has 1 atom stereocenters. The Hall–Kier alpha value is -1.62. The zero-order valence-corrected chi connectivity index (χ0v) is 11.4. The van der Waals surface area contributed by atoms with E-state index in [1.807, 2.05) is 0 Å². The highest BCUT2D eigenvalue weighted by atomic mass is 19.1. The molecule has 0 saturated carbocycles. The van der Waals surface area contributed by atoms with Crippen LogP contribution < -0.4 is 5.32 Å². The molecule has 5 heteroatoms. The molecule has 4 nitrogen and oxygen atoms in total. The first-order valence-corrected chi connectivity index (χ1v) is 6.12. The molecule has 0 spiro atoms. The minimum absolute atomic E-state index is 0.0760. The number of carbonyl (C=O) groups is 1. The minimum atomic E-state index is -1.31. The van der Waals surface area contributed by atoms with E-state index in [0.29, 0.717) is 5.56 Å². The molecule has 106 valence electrons. The summed E-state index contributed by atoms with van der Waals surface area (Å²) in [6.07, 6.45) is -1.94. The van der Waals surface area contributed by atoms with Crippen LogP contribution in [-0.4, -0.2) is 23.3 Å². The number of amides is 1. The highest BCUT2D eigenvalue weighted by Gasteiger charge is 2.17. The molecule has 0 aliphatic rings. The van der Waals surface area contributed by atoms with E-state index < -0.39 is 17.9 Å². The van der Waals surface area contributed by atoms with Gasteiger partial charge in [-0.05, 0) is 31.9 Å². The minimum Gasteiger partial charge on any atom is -0.444 e. The van der Waals surface area contributed by atoms with Gasteiger partial charge in [-0.25, -0.2) is 9.18 Å². The Balaban J connectivity index is 2.46. The van der Waals surface area contributed by atoms with Crippen LogP contribution in [0.4, 0.5) is 9.18 Å². The van der Waals surface area contributed by atoms with Crippen molar-refractivity contribution in [2.75, 3.05) is 6.54 Å². The maximum Gasteiger partial charge on any atom is 0.407 e. The molecular weight excluding hydrogens is 249 g/mol. The average molecular weight is 269 g/mol. The molecule has 1 aromatic rings. The number of aliphatic hydroxyl groups excluding tert-OH is 1. The predicted molar refractivity (Wildman–Crippen MR) is 70.5 cm³/mol. The number of hydrogen-bond acceptors (Lipinski definition) is 3. The van der Waals surface area contributed by atoms with Gasteiger partial charge in [0, 0.05) is 0 Å². The number of carbonyl (C=O) groups excluding carboxylic acids is 1. The molecule has 0 aliphatic heterocycles. The smallest absolute Gasteiger partial charge is 0.407 e. The lowest BCUT2D eigenvalue weighted by Crippen LogP contribution is -2.34. The van der Waals surface area contributed by atoms with Gasteiger partial charge in [0.25, 0.3) is 0 Å². The van der Waals surface area contributed by atoms with E-state index in [1.165, 1.54) is 0 Å². The third kappa shape index (κ3) is 5.70. The fraction of sp³-hybridized carbons (Fsp3) is 0.500. The molecule has 1 amide bonds. The Kier molecular flexibility index (Phi) is 5.30. The molecule has 0 fully saturated rings. The van der Waals surface area contributed by atoms with Crippen LogP contribution in [0.5, 0.6) is 0 Å². The Labute approximate surface area is 112 Å². The van der Waals surface area contributed by atoms with Crippen LogP contribution in [0.25, 0.3) is 0 Å². The third-order valence-electron chi connectivity index (χ3n) is 2.35. The molecule has 0 aliphatic carbocycles. The van der Waals surface area contributed by atoms with Gasteiger partial charge in [-0.2, -0.15) is 0 Å². The van der Waals surface area contributed by atoms with Gasteiger partial charge >= 0.3 is 6.09 Å². The van der Waals surface area contributed by atoms with Gasteiger partial charge in [0.2, 0.25) is 0 Å². The van der Waals surface area contributed by atoms with Crippen molar-refractivity contribution >= 4 is 6.09 Å². The number of rotatable bonds is 4. The Morgan fingerprint density at radius 3 is 2.42 bits per heavy atom. The molecular formula is C14H20FNO3. The van der Waals surface area contributed by atoms with Gasteiger partial charge in [-0.15, -0.1) is 0 Å². The largest absolute Gasteiger partial charge is 0.444 e. The fourth-order valence-corrected chi connectivity index (χ4v) is 1.44. The zero-order chi connectivity index (χ0) is 14.5. The SMILES string of the molecule is CC(C)(C)OC(=O)NCC(F)c1ccc(CO)cc1. The van der Waals surface area contributed by atoms with Crippen LogP contribution in [0.3, 0.4) is 0 Å². The van der Waals surface area contributed by atoms with Gasteiger partial charge < -0.3 is 15.2 Å². The molecule has 1 unspecified atom stereocenters. The summed E-state index contributed by atoms with van der Waals surface area (Å²) < 4.78 is 18.8. The summed E-state index contributed by atoms with van der Waals surface area (Å²) in [5.41, 5.74) is 0.572. The monoisotopic (exact) mass is 269 g/mol. The number of alkyl carbamates (subject to hydrolysis) is 1. The zero-order valence-electron chi connectivity index (χ0n) is 11.4. The van der Waals surface area contributed by atoms with Crippen molar-refractivity contribution in [3.05, 3.63) is 35.4 Å². The Morgan fingerprint density at radius 2 is 1.95 bits per heavy atom. The van der Waals surface area contributed by atoms with E-state index >= 15 is 0 Å². The summed E-state index contributed by atoms with van der Waals surface area (Å²) in [5, 5.41) is 11.3. The van der Waals surface area contributed by atoms with E-state index in [-0.39, 0.29) is 13.2 Å². The molecule has 1 rings (SSSR count). The number of aliphatic hydroxyl groups is 1. The molecule has 0 aromatic heterocycles. The van der Waals surface area contributed by atoms with Gasteiger partial charge in [0.1, 0.15) is 11.8 Å². The van der Waals surface area contributed by atoms with E-state index in [0.717, 1.165) is 5.56 Å². The van der Waals surface area contributed by atoms with Crippen molar-refractivity contribution in [1.29, 1.82) is 0 Å². The molecule has 1 aromatic carbocycles. The van der Waals surface area contributed by atoms with Crippen molar-refractivity contribution in [3.63, 3.8) is 0 Å². The van der Waals surface area contributed by atoms with Crippen molar-refractivity contribution in [1.82, 2.24) is 5.32 Å². The third-order valence-corrected chi connectivity index (χ3v) is 2.35. The lowest BCUT2D eigenvalue weighted by molar-refractivity contribution is 0.0513. The molecule has 19 heavy (non-hydrogen) atoms. The second-order valence-corrected chi connectivity index (χ2v) is 5.25. The summed E-state index contributed by atoms with van der Waals surface area (Å²) in [6.45, 7) is 5.01. The number of hydrogen-bond donors (Lipinski definition) is 2. The normalized spacial score (nSPS) is 12.9. The van der Waals surface area contributed by atoms with E-state index in [9.17, 15) is 9.18 Å². The first-order chi connectivity index (χ1) is 8.81. The van der Waals surface area contributed by atoms with Crippen LogP contribution in [0, 0.1) is 0 Å². The molecule has 0 bridgehead atoms. The molecule has 0 heterocycles. The van der Waals surface area contributed by atoms with Crippen molar-refractivity contribution in [2.24, 2.45) is 0 Å². The maximum absolute atomic E-state index is 13.8. The van der Waals surface area contributed by atoms with Crippen LogP contribution >= 0.6 is 0 Å². The summed E-state index contributed by atoms with van der Waals surface area (Å²) in [7, 11) is 0. The standard InChI is InChI=1S/C14H20FNO3/c1-14(2,3)19-13(18)16-8-12(15)11-6-4-10(9-17)5-7-11/h4-7,12,17H,8-9H2,1-3H3,(H,16,18). The number of nitrogens with one attached hydrogen (secondary N) is 1. The van der Waals surface area contributed by atoms with Crippen LogP contribution in [-0.2, 0) is 11.3 Å². The first-order valence-electron chi connectivity index (χ1n) is 6.12. The highest BCUT2D eigenvalue weighted by Crippen LogP contribution is 2.17. The lowest BCUT2D eigenvalue weighted by atomic mass is 10.1.